The summed E-state index contributed by atoms with van der Waals surface area (Å²) in [5.74, 6) is -0.0820. The average Bonchev–Trinajstić information content (AvgIpc) is 2.37. The number of rotatable bonds is 2. The standard InChI is InChI=1S/C13H19N3O2/c1-15-7-3-4-11(9-15)16(2)13(18)10-5-6-14-12(17)8-10/h5-6,8,11H,3-4,7,9H2,1-2H3,(H,14,17). The molecule has 1 aromatic heterocycles. The molecular weight excluding hydrogens is 230 g/mol. The van der Waals surface area contributed by atoms with Crippen LogP contribution in [0.25, 0.3) is 0 Å². The molecule has 0 aromatic carbocycles. The van der Waals surface area contributed by atoms with E-state index in [9.17, 15) is 9.59 Å². The molecule has 2 heterocycles. The normalized spacial score (nSPS) is 20.7. The van der Waals surface area contributed by atoms with Crippen molar-refractivity contribution < 1.29 is 4.79 Å². The first kappa shape index (κ1) is 12.8. The van der Waals surface area contributed by atoms with Gasteiger partial charge in [-0.25, -0.2) is 0 Å². The Bertz CT molecular complexity index is 483. The van der Waals surface area contributed by atoms with Crippen molar-refractivity contribution >= 4 is 5.91 Å². The summed E-state index contributed by atoms with van der Waals surface area (Å²) in [6, 6.07) is 3.23. The predicted molar refractivity (Wildman–Crippen MR) is 69.7 cm³/mol. The Balaban J connectivity index is 2.11. The minimum atomic E-state index is -0.241. The van der Waals surface area contributed by atoms with Crippen LogP contribution in [0.4, 0.5) is 0 Å². The quantitative estimate of drug-likeness (QED) is 0.832. The lowest BCUT2D eigenvalue weighted by Crippen LogP contribution is -2.47. The van der Waals surface area contributed by atoms with E-state index in [1.165, 1.54) is 12.3 Å². The van der Waals surface area contributed by atoms with Crippen LogP contribution in [0.15, 0.2) is 23.1 Å². The number of piperidine rings is 1. The Morgan fingerprint density at radius 1 is 1.56 bits per heavy atom. The SMILES string of the molecule is CN1CCCC(N(C)C(=O)c2cc[nH]c(=O)c2)C1. The lowest BCUT2D eigenvalue weighted by atomic mass is 10.0. The molecule has 1 fully saturated rings. The number of hydrogen-bond acceptors (Lipinski definition) is 3. The van der Waals surface area contributed by atoms with Crippen molar-refractivity contribution in [3.8, 4) is 0 Å². The Morgan fingerprint density at radius 3 is 3.00 bits per heavy atom. The Kier molecular flexibility index (Phi) is 3.81. The summed E-state index contributed by atoms with van der Waals surface area (Å²) >= 11 is 0. The van der Waals surface area contributed by atoms with Crippen LogP contribution in [0.2, 0.25) is 0 Å². The first-order chi connectivity index (χ1) is 8.58. The van der Waals surface area contributed by atoms with Gasteiger partial charge in [0.05, 0.1) is 0 Å². The zero-order chi connectivity index (χ0) is 13.1. The van der Waals surface area contributed by atoms with Gasteiger partial charge in [-0.2, -0.15) is 0 Å². The smallest absolute Gasteiger partial charge is 0.254 e. The Morgan fingerprint density at radius 2 is 2.33 bits per heavy atom. The maximum atomic E-state index is 12.3. The van der Waals surface area contributed by atoms with Gasteiger partial charge in [-0.3, -0.25) is 9.59 Å². The van der Waals surface area contributed by atoms with Crippen molar-refractivity contribution in [2.45, 2.75) is 18.9 Å². The van der Waals surface area contributed by atoms with E-state index < -0.39 is 0 Å². The molecular formula is C13H19N3O2. The van der Waals surface area contributed by atoms with Crippen LogP contribution >= 0.6 is 0 Å². The molecule has 1 atom stereocenters. The molecule has 0 saturated carbocycles. The highest BCUT2D eigenvalue weighted by Gasteiger charge is 2.25. The highest BCUT2D eigenvalue weighted by Crippen LogP contribution is 2.15. The third-order valence-electron chi connectivity index (χ3n) is 3.49. The van der Waals surface area contributed by atoms with Gasteiger partial charge in [0.15, 0.2) is 0 Å². The number of aromatic amines is 1. The number of carbonyl (C=O) groups excluding carboxylic acids is 1. The van der Waals surface area contributed by atoms with E-state index in [1.807, 2.05) is 7.05 Å². The summed E-state index contributed by atoms with van der Waals surface area (Å²) in [7, 11) is 3.88. The lowest BCUT2D eigenvalue weighted by molar-refractivity contribution is 0.0644. The summed E-state index contributed by atoms with van der Waals surface area (Å²) in [6.07, 6.45) is 3.64. The number of likely N-dealkylation sites (N-methyl/N-ethyl adjacent to an activating group) is 2. The molecule has 1 amide bonds. The van der Waals surface area contributed by atoms with Crippen molar-refractivity contribution in [1.82, 2.24) is 14.8 Å². The number of aromatic nitrogens is 1. The topological polar surface area (TPSA) is 56.4 Å². The van der Waals surface area contributed by atoms with E-state index in [0.717, 1.165) is 25.9 Å². The summed E-state index contributed by atoms with van der Waals surface area (Å²) in [4.78, 5) is 30.0. The molecule has 2 rings (SSSR count). The molecule has 1 aromatic rings. The number of carbonyl (C=O) groups is 1. The highest BCUT2D eigenvalue weighted by molar-refractivity contribution is 5.94. The minimum absolute atomic E-state index is 0.0820. The summed E-state index contributed by atoms with van der Waals surface area (Å²) in [5, 5.41) is 0. The van der Waals surface area contributed by atoms with Crippen LogP contribution in [0, 0.1) is 0 Å². The van der Waals surface area contributed by atoms with Crippen LogP contribution in [-0.2, 0) is 0 Å². The van der Waals surface area contributed by atoms with Crippen LogP contribution < -0.4 is 5.56 Å². The van der Waals surface area contributed by atoms with Gasteiger partial charge in [-0.05, 0) is 32.5 Å². The first-order valence-electron chi connectivity index (χ1n) is 6.22. The van der Waals surface area contributed by atoms with Gasteiger partial charge in [0, 0.05) is 37.5 Å². The minimum Gasteiger partial charge on any atom is -0.337 e. The summed E-state index contributed by atoms with van der Waals surface area (Å²) in [5.41, 5.74) is 0.212. The Hall–Kier alpha value is -1.62. The third-order valence-corrected chi connectivity index (χ3v) is 3.49. The van der Waals surface area contributed by atoms with E-state index in [1.54, 1.807) is 11.0 Å². The number of H-pyrrole nitrogens is 1. The second kappa shape index (κ2) is 5.35. The molecule has 98 valence electrons. The molecule has 1 aliphatic rings. The van der Waals surface area contributed by atoms with E-state index in [-0.39, 0.29) is 17.5 Å². The predicted octanol–water partition coefficient (Wildman–Crippen LogP) is 0.541. The van der Waals surface area contributed by atoms with E-state index in [4.69, 9.17) is 0 Å². The second-order valence-electron chi connectivity index (χ2n) is 4.92. The average molecular weight is 249 g/mol. The van der Waals surface area contributed by atoms with Crippen molar-refractivity contribution in [1.29, 1.82) is 0 Å². The molecule has 5 heteroatoms. The van der Waals surface area contributed by atoms with Gasteiger partial charge in [0.2, 0.25) is 5.56 Å². The zero-order valence-corrected chi connectivity index (χ0v) is 10.8. The molecule has 0 spiro atoms. The first-order valence-corrected chi connectivity index (χ1v) is 6.22. The number of amides is 1. The summed E-state index contributed by atoms with van der Waals surface area (Å²) < 4.78 is 0. The molecule has 1 saturated heterocycles. The second-order valence-corrected chi connectivity index (χ2v) is 4.92. The third kappa shape index (κ3) is 2.79. The van der Waals surface area contributed by atoms with Crippen LogP contribution in [0.5, 0.6) is 0 Å². The summed E-state index contributed by atoms with van der Waals surface area (Å²) in [6.45, 7) is 1.98. The fourth-order valence-corrected chi connectivity index (χ4v) is 2.40. The molecule has 18 heavy (non-hydrogen) atoms. The maximum absolute atomic E-state index is 12.3. The molecule has 5 nitrogen and oxygen atoms in total. The van der Waals surface area contributed by atoms with Gasteiger partial charge in [0.1, 0.15) is 0 Å². The monoisotopic (exact) mass is 249 g/mol. The Labute approximate surface area is 106 Å². The van der Waals surface area contributed by atoms with Gasteiger partial charge in [0.25, 0.3) is 5.91 Å². The molecule has 0 aliphatic carbocycles. The number of nitrogens with one attached hydrogen (secondary N) is 1. The number of hydrogen-bond donors (Lipinski definition) is 1. The van der Waals surface area contributed by atoms with E-state index in [2.05, 4.69) is 16.9 Å². The van der Waals surface area contributed by atoms with E-state index >= 15 is 0 Å². The van der Waals surface area contributed by atoms with Gasteiger partial charge >= 0.3 is 0 Å². The lowest BCUT2D eigenvalue weighted by Gasteiger charge is -2.35. The maximum Gasteiger partial charge on any atom is 0.254 e. The van der Waals surface area contributed by atoms with Crippen LogP contribution in [0.3, 0.4) is 0 Å². The zero-order valence-electron chi connectivity index (χ0n) is 10.8. The fourth-order valence-electron chi connectivity index (χ4n) is 2.40. The van der Waals surface area contributed by atoms with Gasteiger partial charge in [-0.1, -0.05) is 0 Å². The van der Waals surface area contributed by atoms with E-state index in [0.29, 0.717) is 5.56 Å². The largest absolute Gasteiger partial charge is 0.337 e. The number of likely N-dealkylation sites (tertiary alicyclic amines) is 1. The molecule has 1 unspecified atom stereocenters. The van der Waals surface area contributed by atoms with Gasteiger partial charge in [-0.15, -0.1) is 0 Å². The van der Waals surface area contributed by atoms with Crippen molar-refractivity contribution in [3.05, 3.63) is 34.2 Å². The van der Waals surface area contributed by atoms with Crippen molar-refractivity contribution in [3.63, 3.8) is 0 Å². The molecule has 0 radical (unpaired) electrons. The molecule has 1 aliphatic heterocycles. The fraction of sp³-hybridized carbons (Fsp3) is 0.538. The van der Waals surface area contributed by atoms with Gasteiger partial charge < -0.3 is 14.8 Å². The van der Waals surface area contributed by atoms with Crippen molar-refractivity contribution in [2.24, 2.45) is 0 Å². The molecule has 1 N–H and O–H groups in total. The van der Waals surface area contributed by atoms with Crippen LogP contribution in [0.1, 0.15) is 23.2 Å². The van der Waals surface area contributed by atoms with Crippen LogP contribution in [-0.4, -0.2) is 53.9 Å². The highest BCUT2D eigenvalue weighted by atomic mass is 16.2. The number of nitrogens with zero attached hydrogens (tertiary/aromatic N) is 2. The van der Waals surface area contributed by atoms with Crippen molar-refractivity contribution in [2.75, 3.05) is 27.2 Å². The number of pyridine rings is 1. The molecule has 0 bridgehead atoms.